The number of hydrogen-bond donors (Lipinski definition) is 2. The van der Waals surface area contributed by atoms with E-state index >= 15 is 0 Å². The monoisotopic (exact) mass is 361 g/mol. The van der Waals surface area contributed by atoms with Crippen LogP contribution in [0.2, 0.25) is 0 Å². The molecular weight excluding hydrogens is 338 g/mol. The average molecular weight is 361 g/mol. The van der Waals surface area contributed by atoms with Gasteiger partial charge in [0, 0.05) is 6.42 Å². The SMILES string of the molecule is NC(=O)[C@@H](O)CCOC(c1ccccc1)(c1ccccc1)c1ccccc1. The maximum atomic E-state index is 11.2. The third-order valence-corrected chi connectivity index (χ3v) is 4.58. The lowest BCUT2D eigenvalue weighted by Crippen LogP contribution is -2.35. The number of benzene rings is 3. The van der Waals surface area contributed by atoms with Crippen molar-refractivity contribution in [3.05, 3.63) is 108 Å². The lowest BCUT2D eigenvalue weighted by Gasteiger charge is -2.36. The molecule has 0 aromatic heterocycles. The van der Waals surface area contributed by atoms with Gasteiger partial charge in [0.1, 0.15) is 11.7 Å². The Kier molecular flexibility index (Phi) is 6.01. The van der Waals surface area contributed by atoms with E-state index in [1.807, 2.05) is 91.0 Å². The molecule has 4 nitrogen and oxygen atoms in total. The molecule has 0 radical (unpaired) electrons. The molecule has 3 aromatic carbocycles. The Morgan fingerprint density at radius 3 is 1.52 bits per heavy atom. The second-order valence-electron chi connectivity index (χ2n) is 6.33. The summed E-state index contributed by atoms with van der Waals surface area (Å²) in [5.74, 6) is -0.747. The normalized spacial score (nSPS) is 12.5. The molecule has 0 aliphatic rings. The predicted molar refractivity (Wildman–Crippen MR) is 105 cm³/mol. The van der Waals surface area contributed by atoms with Gasteiger partial charge in [-0.15, -0.1) is 0 Å². The summed E-state index contributed by atoms with van der Waals surface area (Å²) in [5, 5.41) is 9.78. The van der Waals surface area contributed by atoms with Gasteiger partial charge in [-0.2, -0.15) is 0 Å². The van der Waals surface area contributed by atoms with E-state index in [-0.39, 0.29) is 13.0 Å². The zero-order valence-corrected chi connectivity index (χ0v) is 15.0. The molecule has 0 spiro atoms. The molecule has 3 rings (SSSR count). The minimum Gasteiger partial charge on any atom is -0.383 e. The number of primary amides is 1. The van der Waals surface area contributed by atoms with E-state index in [9.17, 15) is 9.90 Å². The summed E-state index contributed by atoms with van der Waals surface area (Å²) in [6.45, 7) is 0.169. The first-order valence-corrected chi connectivity index (χ1v) is 8.92. The highest BCUT2D eigenvalue weighted by atomic mass is 16.5. The molecule has 0 saturated heterocycles. The highest BCUT2D eigenvalue weighted by Crippen LogP contribution is 2.40. The number of aliphatic hydroxyl groups is 1. The van der Waals surface area contributed by atoms with Crippen LogP contribution >= 0.6 is 0 Å². The van der Waals surface area contributed by atoms with Gasteiger partial charge in [-0.1, -0.05) is 91.0 Å². The smallest absolute Gasteiger partial charge is 0.246 e. The number of amides is 1. The highest BCUT2D eigenvalue weighted by molar-refractivity contribution is 5.78. The molecule has 0 unspecified atom stereocenters. The van der Waals surface area contributed by atoms with E-state index in [0.717, 1.165) is 16.7 Å². The lowest BCUT2D eigenvalue weighted by atomic mass is 9.80. The van der Waals surface area contributed by atoms with Crippen molar-refractivity contribution in [3.8, 4) is 0 Å². The highest BCUT2D eigenvalue weighted by Gasteiger charge is 2.37. The number of nitrogens with two attached hydrogens (primary N) is 1. The molecule has 0 heterocycles. The second-order valence-corrected chi connectivity index (χ2v) is 6.33. The number of hydrogen-bond acceptors (Lipinski definition) is 3. The van der Waals surface area contributed by atoms with Gasteiger partial charge in [0.25, 0.3) is 0 Å². The van der Waals surface area contributed by atoms with Crippen molar-refractivity contribution in [1.82, 2.24) is 0 Å². The topological polar surface area (TPSA) is 72.6 Å². The number of carbonyl (C=O) groups excluding carboxylic acids is 1. The fraction of sp³-hybridized carbons (Fsp3) is 0.174. The summed E-state index contributed by atoms with van der Waals surface area (Å²) < 4.78 is 6.44. The van der Waals surface area contributed by atoms with Crippen LogP contribution in [0.3, 0.4) is 0 Å². The molecule has 0 bridgehead atoms. The van der Waals surface area contributed by atoms with Crippen molar-refractivity contribution in [3.63, 3.8) is 0 Å². The van der Waals surface area contributed by atoms with E-state index < -0.39 is 17.6 Å². The minimum atomic E-state index is -1.23. The summed E-state index contributed by atoms with van der Waals surface area (Å²) in [4.78, 5) is 11.2. The van der Waals surface area contributed by atoms with E-state index in [2.05, 4.69) is 0 Å². The van der Waals surface area contributed by atoms with Gasteiger partial charge in [-0.05, 0) is 16.7 Å². The van der Waals surface area contributed by atoms with Crippen LogP contribution in [0.5, 0.6) is 0 Å². The molecule has 1 atom stereocenters. The van der Waals surface area contributed by atoms with Crippen LogP contribution in [0.1, 0.15) is 23.1 Å². The Hall–Kier alpha value is -2.95. The maximum Gasteiger partial charge on any atom is 0.246 e. The van der Waals surface area contributed by atoms with Gasteiger partial charge in [-0.3, -0.25) is 4.79 Å². The van der Waals surface area contributed by atoms with Crippen molar-refractivity contribution in [1.29, 1.82) is 0 Å². The van der Waals surface area contributed by atoms with Crippen molar-refractivity contribution in [2.24, 2.45) is 5.73 Å². The second kappa shape index (κ2) is 8.62. The van der Waals surface area contributed by atoms with Crippen LogP contribution in [-0.4, -0.2) is 23.7 Å². The number of carbonyl (C=O) groups is 1. The molecule has 0 aliphatic carbocycles. The zero-order chi connectivity index (χ0) is 19.1. The average Bonchev–Trinajstić information content (AvgIpc) is 2.73. The first-order chi connectivity index (χ1) is 13.1. The Bertz CT molecular complexity index is 754. The zero-order valence-electron chi connectivity index (χ0n) is 15.0. The van der Waals surface area contributed by atoms with Crippen molar-refractivity contribution >= 4 is 5.91 Å². The summed E-state index contributed by atoms with van der Waals surface area (Å²) in [6.07, 6.45) is -1.10. The van der Waals surface area contributed by atoms with E-state index in [0.29, 0.717) is 0 Å². The van der Waals surface area contributed by atoms with Crippen molar-refractivity contribution < 1.29 is 14.6 Å². The van der Waals surface area contributed by atoms with Gasteiger partial charge in [0.15, 0.2) is 0 Å². The van der Waals surface area contributed by atoms with E-state index in [4.69, 9.17) is 10.5 Å². The molecule has 4 heteroatoms. The summed E-state index contributed by atoms with van der Waals surface area (Å²) >= 11 is 0. The molecule has 3 aromatic rings. The van der Waals surface area contributed by atoms with Crippen LogP contribution < -0.4 is 5.73 Å². The molecule has 138 valence electrons. The lowest BCUT2D eigenvalue weighted by molar-refractivity contribution is -0.127. The minimum absolute atomic E-state index is 0.129. The molecule has 0 fully saturated rings. The van der Waals surface area contributed by atoms with Gasteiger partial charge < -0.3 is 15.6 Å². The third-order valence-electron chi connectivity index (χ3n) is 4.58. The van der Waals surface area contributed by atoms with Crippen molar-refractivity contribution in [2.75, 3.05) is 6.61 Å². The molecular formula is C23H23NO3. The van der Waals surface area contributed by atoms with Gasteiger partial charge in [0.05, 0.1) is 6.61 Å². The maximum absolute atomic E-state index is 11.2. The third kappa shape index (κ3) is 4.08. The summed E-state index contributed by atoms with van der Waals surface area (Å²) in [7, 11) is 0. The van der Waals surface area contributed by atoms with E-state index in [1.165, 1.54) is 0 Å². The first-order valence-electron chi connectivity index (χ1n) is 8.92. The number of aliphatic hydroxyl groups excluding tert-OH is 1. The molecule has 0 saturated carbocycles. The summed E-state index contributed by atoms with van der Waals surface area (Å²) in [6, 6.07) is 29.8. The fourth-order valence-corrected chi connectivity index (χ4v) is 3.23. The van der Waals surface area contributed by atoms with Gasteiger partial charge >= 0.3 is 0 Å². The Morgan fingerprint density at radius 2 is 1.19 bits per heavy atom. The van der Waals surface area contributed by atoms with Crippen LogP contribution in [0.15, 0.2) is 91.0 Å². The predicted octanol–water partition coefficient (Wildman–Crippen LogP) is 3.23. The number of ether oxygens (including phenoxy) is 1. The van der Waals surface area contributed by atoms with Gasteiger partial charge in [-0.25, -0.2) is 0 Å². The van der Waals surface area contributed by atoms with E-state index in [1.54, 1.807) is 0 Å². The molecule has 1 amide bonds. The quantitative estimate of drug-likeness (QED) is 0.605. The standard InChI is InChI=1S/C23H23NO3/c24-22(26)21(25)16-17-27-23(18-10-4-1-5-11-18,19-12-6-2-7-13-19)20-14-8-3-9-15-20/h1-15,21,25H,16-17H2,(H2,24,26)/t21-/m0/s1. The van der Waals surface area contributed by atoms with Crippen LogP contribution in [0.4, 0.5) is 0 Å². The summed E-state index contributed by atoms with van der Waals surface area (Å²) in [5.41, 5.74) is 7.22. The largest absolute Gasteiger partial charge is 0.383 e. The Morgan fingerprint density at radius 1 is 0.815 bits per heavy atom. The van der Waals surface area contributed by atoms with Crippen molar-refractivity contribution in [2.45, 2.75) is 18.1 Å². The first kappa shape index (κ1) is 18.8. The number of rotatable bonds is 8. The Balaban J connectivity index is 2.10. The Labute approximate surface area is 159 Å². The molecule has 0 aliphatic heterocycles. The molecule has 27 heavy (non-hydrogen) atoms. The van der Waals surface area contributed by atoms with Crippen LogP contribution in [-0.2, 0) is 15.1 Å². The van der Waals surface area contributed by atoms with Crippen LogP contribution in [0, 0.1) is 0 Å². The molecule has 3 N–H and O–H groups in total. The fourth-order valence-electron chi connectivity index (χ4n) is 3.23. The van der Waals surface area contributed by atoms with Crippen LogP contribution in [0.25, 0.3) is 0 Å². The van der Waals surface area contributed by atoms with Gasteiger partial charge in [0.2, 0.25) is 5.91 Å².